The van der Waals surface area contributed by atoms with E-state index in [2.05, 4.69) is 0 Å². The lowest BCUT2D eigenvalue weighted by atomic mass is 9.95. The van der Waals surface area contributed by atoms with Gasteiger partial charge in [0.2, 0.25) is 0 Å². The minimum Gasteiger partial charge on any atom is -0.380 e. The van der Waals surface area contributed by atoms with E-state index in [1.54, 1.807) is 23.7 Å². The minimum absolute atomic E-state index is 0.143. The van der Waals surface area contributed by atoms with Crippen LogP contribution in [0.25, 0.3) is 0 Å². The number of hydrogen-bond donors (Lipinski definition) is 1. The molecule has 1 aromatic carbocycles. The highest BCUT2D eigenvalue weighted by molar-refractivity contribution is 7.99. The van der Waals surface area contributed by atoms with Gasteiger partial charge in [-0.15, -0.1) is 0 Å². The fourth-order valence-electron chi connectivity index (χ4n) is 2.39. The smallest absolute Gasteiger partial charge is 0.254 e. The van der Waals surface area contributed by atoms with E-state index in [-0.39, 0.29) is 5.91 Å². The lowest BCUT2D eigenvalue weighted by Crippen LogP contribution is -2.49. The number of amides is 1. The van der Waals surface area contributed by atoms with E-state index in [1.165, 1.54) is 5.56 Å². The van der Waals surface area contributed by atoms with Gasteiger partial charge in [0.15, 0.2) is 0 Å². The van der Waals surface area contributed by atoms with Crippen molar-refractivity contribution in [2.75, 3.05) is 18.6 Å². The summed E-state index contributed by atoms with van der Waals surface area (Å²) in [6, 6.07) is 8.04. The second-order valence-corrected chi connectivity index (χ2v) is 6.46. The van der Waals surface area contributed by atoms with E-state index >= 15 is 0 Å². The Labute approximate surface area is 119 Å². The average Bonchev–Trinajstić information content (AvgIpc) is 2.41. The molecule has 1 fully saturated rings. The van der Waals surface area contributed by atoms with Crippen molar-refractivity contribution in [3.8, 4) is 0 Å². The summed E-state index contributed by atoms with van der Waals surface area (Å²) < 4.78 is 0. The molecule has 0 aliphatic carbocycles. The molecular weight excluding hydrogens is 258 g/mol. The quantitative estimate of drug-likeness (QED) is 0.922. The standard InChI is InChI=1S/C15H21NO2S/c1-12-5-3-4-6-13(12)11-16(2)14(17)15(18)7-9-19-10-8-15/h3-6,18H,7-11H2,1-2H3. The molecule has 0 radical (unpaired) electrons. The molecule has 2 rings (SSSR count). The van der Waals surface area contributed by atoms with Crippen molar-refractivity contribution in [2.45, 2.75) is 31.9 Å². The van der Waals surface area contributed by atoms with E-state index < -0.39 is 5.60 Å². The number of rotatable bonds is 3. The van der Waals surface area contributed by atoms with Crippen molar-refractivity contribution in [1.29, 1.82) is 0 Å². The molecule has 1 aromatic rings. The number of likely N-dealkylation sites (N-methyl/N-ethyl adjacent to an activating group) is 1. The number of thioether (sulfide) groups is 1. The van der Waals surface area contributed by atoms with Crippen LogP contribution in [0.5, 0.6) is 0 Å². The van der Waals surface area contributed by atoms with E-state index in [4.69, 9.17) is 0 Å². The summed E-state index contributed by atoms with van der Waals surface area (Å²) in [7, 11) is 1.77. The van der Waals surface area contributed by atoms with Crippen LogP contribution in [-0.2, 0) is 11.3 Å². The molecule has 0 aromatic heterocycles. The third-order valence-electron chi connectivity index (χ3n) is 3.73. The van der Waals surface area contributed by atoms with Gasteiger partial charge in [-0.05, 0) is 42.4 Å². The molecule has 1 heterocycles. The largest absolute Gasteiger partial charge is 0.380 e. The molecule has 104 valence electrons. The summed E-state index contributed by atoms with van der Waals surface area (Å²) in [5.41, 5.74) is 1.16. The highest BCUT2D eigenvalue weighted by atomic mass is 32.2. The molecular formula is C15H21NO2S. The second-order valence-electron chi connectivity index (χ2n) is 5.23. The Morgan fingerprint density at radius 1 is 1.37 bits per heavy atom. The maximum atomic E-state index is 12.4. The zero-order chi connectivity index (χ0) is 13.9. The molecule has 1 aliphatic rings. The Morgan fingerprint density at radius 2 is 2.00 bits per heavy atom. The van der Waals surface area contributed by atoms with Gasteiger partial charge in [0.05, 0.1) is 0 Å². The number of benzene rings is 1. The van der Waals surface area contributed by atoms with Gasteiger partial charge in [0, 0.05) is 13.6 Å². The minimum atomic E-state index is -1.15. The van der Waals surface area contributed by atoms with Crippen LogP contribution in [-0.4, -0.2) is 40.1 Å². The molecule has 0 atom stereocenters. The van der Waals surface area contributed by atoms with Crippen molar-refractivity contribution in [1.82, 2.24) is 4.90 Å². The third kappa shape index (κ3) is 3.31. The number of nitrogens with zero attached hydrogens (tertiary/aromatic N) is 1. The van der Waals surface area contributed by atoms with Gasteiger partial charge in [0.25, 0.3) is 5.91 Å². The Balaban J connectivity index is 2.05. The first-order valence-electron chi connectivity index (χ1n) is 6.63. The molecule has 3 nitrogen and oxygen atoms in total. The van der Waals surface area contributed by atoms with Gasteiger partial charge in [-0.1, -0.05) is 24.3 Å². The van der Waals surface area contributed by atoms with E-state index in [0.29, 0.717) is 19.4 Å². The van der Waals surface area contributed by atoms with Crippen LogP contribution in [0.1, 0.15) is 24.0 Å². The molecule has 1 amide bonds. The average molecular weight is 279 g/mol. The molecule has 0 bridgehead atoms. The fourth-order valence-corrected chi connectivity index (χ4v) is 3.56. The van der Waals surface area contributed by atoms with E-state index in [1.807, 2.05) is 31.2 Å². The Bertz CT molecular complexity index is 455. The maximum absolute atomic E-state index is 12.4. The zero-order valence-electron chi connectivity index (χ0n) is 11.6. The molecule has 0 spiro atoms. The van der Waals surface area contributed by atoms with Crippen molar-refractivity contribution < 1.29 is 9.90 Å². The number of carbonyl (C=O) groups excluding carboxylic acids is 1. The first-order chi connectivity index (χ1) is 9.03. The highest BCUT2D eigenvalue weighted by Crippen LogP contribution is 2.29. The summed E-state index contributed by atoms with van der Waals surface area (Å²) in [5.74, 6) is 1.58. The van der Waals surface area contributed by atoms with Crippen LogP contribution in [0.15, 0.2) is 24.3 Å². The topological polar surface area (TPSA) is 40.5 Å². The molecule has 0 unspecified atom stereocenters. The second kappa shape index (κ2) is 5.97. The molecule has 1 saturated heterocycles. The van der Waals surface area contributed by atoms with Gasteiger partial charge in [-0.25, -0.2) is 0 Å². The van der Waals surface area contributed by atoms with Crippen LogP contribution in [0.2, 0.25) is 0 Å². The van der Waals surface area contributed by atoms with Gasteiger partial charge in [-0.2, -0.15) is 11.8 Å². The number of carbonyl (C=O) groups is 1. The van der Waals surface area contributed by atoms with Gasteiger partial charge < -0.3 is 10.0 Å². The third-order valence-corrected chi connectivity index (χ3v) is 4.72. The predicted octanol–water partition coefficient (Wildman–Crippen LogP) is 2.21. The normalized spacial score (nSPS) is 18.1. The maximum Gasteiger partial charge on any atom is 0.254 e. The van der Waals surface area contributed by atoms with Crippen molar-refractivity contribution in [3.63, 3.8) is 0 Å². The summed E-state index contributed by atoms with van der Waals surface area (Å²) in [6.45, 7) is 2.60. The van der Waals surface area contributed by atoms with Crippen LogP contribution in [0, 0.1) is 6.92 Å². The lowest BCUT2D eigenvalue weighted by Gasteiger charge is -2.34. The number of aryl methyl sites for hydroxylation is 1. The van der Waals surface area contributed by atoms with Gasteiger partial charge in [-0.3, -0.25) is 4.79 Å². The molecule has 0 saturated carbocycles. The first kappa shape index (κ1) is 14.4. The monoisotopic (exact) mass is 279 g/mol. The fraction of sp³-hybridized carbons (Fsp3) is 0.533. The molecule has 1 N–H and O–H groups in total. The Kier molecular flexibility index (Phi) is 4.53. The number of hydrogen-bond acceptors (Lipinski definition) is 3. The summed E-state index contributed by atoms with van der Waals surface area (Å²) in [5, 5.41) is 10.5. The highest BCUT2D eigenvalue weighted by Gasteiger charge is 2.39. The molecule has 19 heavy (non-hydrogen) atoms. The Morgan fingerprint density at radius 3 is 2.63 bits per heavy atom. The van der Waals surface area contributed by atoms with E-state index in [0.717, 1.165) is 17.1 Å². The van der Waals surface area contributed by atoms with Crippen molar-refractivity contribution in [2.24, 2.45) is 0 Å². The van der Waals surface area contributed by atoms with Gasteiger partial charge in [0.1, 0.15) is 5.60 Å². The summed E-state index contributed by atoms with van der Waals surface area (Å²) in [6.07, 6.45) is 1.13. The molecule has 4 heteroatoms. The zero-order valence-corrected chi connectivity index (χ0v) is 12.4. The van der Waals surface area contributed by atoms with Gasteiger partial charge >= 0.3 is 0 Å². The SMILES string of the molecule is Cc1ccccc1CN(C)C(=O)C1(O)CCSCC1. The van der Waals surface area contributed by atoms with Crippen LogP contribution in [0.4, 0.5) is 0 Å². The van der Waals surface area contributed by atoms with Crippen molar-refractivity contribution >= 4 is 17.7 Å². The number of aliphatic hydroxyl groups is 1. The van der Waals surface area contributed by atoms with Crippen LogP contribution >= 0.6 is 11.8 Å². The first-order valence-corrected chi connectivity index (χ1v) is 7.78. The molecule has 1 aliphatic heterocycles. The van der Waals surface area contributed by atoms with Crippen LogP contribution < -0.4 is 0 Å². The Hall–Kier alpha value is -1.000. The van der Waals surface area contributed by atoms with Crippen molar-refractivity contribution in [3.05, 3.63) is 35.4 Å². The lowest BCUT2D eigenvalue weighted by molar-refractivity contribution is -0.151. The van der Waals surface area contributed by atoms with E-state index in [9.17, 15) is 9.90 Å². The van der Waals surface area contributed by atoms with Crippen LogP contribution in [0.3, 0.4) is 0 Å². The summed E-state index contributed by atoms with van der Waals surface area (Å²) >= 11 is 1.80. The predicted molar refractivity (Wildman–Crippen MR) is 79.2 cm³/mol. The summed E-state index contributed by atoms with van der Waals surface area (Å²) in [4.78, 5) is 14.1.